The van der Waals surface area contributed by atoms with E-state index in [-0.39, 0.29) is 0 Å². The number of hydrogen-bond donors (Lipinski definition) is 0. The summed E-state index contributed by atoms with van der Waals surface area (Å²) < 4.78 is 7.25. The van der Waals surface area contributed by atoms with Crippen molar-refractivity contribution in [1.29, 1.82) is 0 Å². The third-order valence-electron chi connectivity index (χ3n) is 9.41. The molecule has 0 amide bonds. The van der Waals surface area contributed by atoms with Gasteiger partial charge in [-0.15, -0.1) is 0 Å². The number of rotatable bonds is 3. The van der Waals surface area contributed by atoms with Gasteiger partial charge in [0.05, 0.1) is 33.1 Å². The first-order valence-electron chi connectivity index (χ1n) is 15.5. The maximum absolute atomic E-state index is 2.45. The van der Waals surface area contributed by atoms with Crippen LogP contribution in [-0.2, 0) is 0 Å². The number of hydrogen-bond acceptors (Lipinski definition) is 0. The minimum absolute atomic E-state index is 1.15. The van der Waals surface area contributed by atoms with Gasteiger partial charge in [-0.3, -0.25) is 0 Å². The van der Waals surface area contributed by atoms with Gasteiger partial charge in [-0.05, 0) is 66.7 Å². The second-order valence-electron chi connectivity index (χ2n) is 11.8. The lowest BCUT2D eigenvalue weighted by molar-refractivity contribution is 1.15. The lowest BCUT2D eigenvalue weighted by Gasteiger charge is -2.12. The Morgan fingerprint density at radius 3 is 1.11 bits per heavy atom. The molecule has 0 N–H and O–H groups in total. The normalized spacial score (nSPS) is 12.0. The van der Waals surface area contributed by atoms with Crippen molar-refractivity contribution in [3.05, 3.63) is 164 Å². The monoisotopic (exact) mass is 573 g/mol. The van der Waals surface area contributed by atoms with Crippen molar-refractivity contribution in [2.75, 3.05) is 0 Å². The Bertz CT molecular complexity index is 2740. The Labute approximate surface area is 259 Å². The SMILES string of the molecule is c1ccc(-n2c3ccccc3c3ccc(-n4c5ccccc5c5cc6c7ccccc7n(-c7ccccc7)c6cc54)cc32)cc1. The summed E-state index contributed by atoms with van der Waals surface area (Å²) in [5.74, 6) is 0. The fourth-order valence-electron chi connectivity index (χ4n) is 7.52. The van der Waals surface area contributed by atoms with Crippen molar-refractivity contribution < 1.29 is 0 Å². The van der Waals surface area contributed by atoms with Crippen LogP contribution in [0, 0.1) is 0 Å². The van der Waals surface area contributed by atoms with Crippen LogP contribution in [0.5, 0.6) is 0 Å². The molecule has 10 rings (SSSR count). The number of aromatic nitrogens is 3. The van der Waals surface area contributed by atoms with Crippen LogP contribution in [0.15, 0.2) is 164 Å². The zero-order valence-corrected chi connectivity index (χ0v) is 24.4. The van der Waals surface area contributed by atoms with Gasteiger partial charge >= 0.3 is 0 Å². The number of nitrogens with zero attached hydrogens (tertiary/aromatic N) is 3. The molecule has 10 aromatic rings. The van der Waals surface area contributed by atoms with Gasteiger partial charge in [0, 0.05) is 49.4 Å². The average molecular weight is 574 g/mol. The maximum atomic E-state index is 2.45. The van der Waals surface area contributed by atoms with Crippen molar-refractivity contribution in [2.24, 2.45) is 0 Å². The molecule has 210 valence electrons. The minimum atomic E-state index is 1.15. The van der Waals surface area contributed by atoms with E-state index in [1.807, 2.05) is 0 Å². The molecule has 3 aromatic heterocycles. The van der Waals surface area contributed by atoms with E-state index < -0.39 is 0 Å². The van der Waals surface area contributed by atoms with E-state index in [4.69, 9.17) is 0 Å². The van der Waals surface area contributed by atoms with Crippen molar-refractivity contribution in [1.82, 2.24) is 13.7 Å². The summed E-state index contributed by atoms with van der Waals surface area (Å²) in [6.07, 6.45) is 0. The lowest BCUT2D eigenvalue weighted by Crippen LogP contribution is -1.97. The Morgan fingerprint density at radius 1 is 0.222 bits per heavy atom. The highest BCUT2D eigenvalue weighted by Crippen LogP contribution is 2.40. The summed E-state index contributed by atoms with van der Waals surface area (Å²) in [6, 6.07) is 59.5. The molecule has 3 heterocycles. The highest BCUT2D eigenvalue weighted by atomic mass is 15.0. The molecular formula is C42H27N3. The molecule has 0 spiro atoms. The summed E-state index contributed by atoms with van der Waals surface area (Å²) in [5.41, 5.74) is 10.7. The first kappa shape index (κ1) is 24.4. The smallest absolute Gasteiger partial charge is 0.0562 e. The zero-order valence-electron chi connectivity index (χ0n) is 24.4. The molecule has 0 unspecified atom stereocenters. The highest BCUT2D eigenvalue weighted by Gasteiger charge is 2.19. The topological polar surface area (TPSA) is 14.8 Å². The van der Waals surface area contributed by atoms with Crippen molar-refractivity contribution in [3.8, 4) is 17.1 Å². The molecule has 0 atom stereocenters. The Kier molecular flexibility index (Phi) is 5.00. The summed E-state index contributed by atoms with van der Waals surface area (Å²) >= 11 is 0. The number of fused-ring (bicyclic) bond motifs is 9. The molecule has 0 aliphatic rings. The van der Waals surface area contributed by atoms with E-state index in [1.54, 1.807) is 0 Å². The zero-order chi connectivity index (χ0) is 29.5. The van der Waals surface area contributed by atoms with Crippen LogP contribution < -0.4 is 0 Å². The third kappa shape index (κ3) is 3.41. The Balaban J connectivity index is 1.34. The second kappa shape index (κ2) is 9.22. The molecule has 3 heteroatoms. The van der Waals surface area contributed by atoms with E-state index >= 15 is 0 Å². The largest absolute Gasteiger partial charge is 0.309 e. The van der Waals surface area contributed by atoms with E-state index in [2.05, 4.69) is 177 Å². The van der Waals surface area contributed by atoms with Crippen LogP contribution in [-0.4, -0.2) is 13.7 Å². The Morgan fingerprint density at radius 2 is 0.600 bits per heavy atom. The number of para-hydroxylation sites is 5. The fraction of sp³-hybridized carbons (Fsp3) is 0. The van der Waals surface area contributed by atoms with Crippen molar-refractivity contribution in [3.63, 3.8) is 0 Å². The van der Waals surface area contributed by atoms with E-state index in [1.165, 1.54) is 71.1 Å². The van der Waals surface area contributed by atoms with E-state index in [9.17, 15) is 0 Å². The summed E-state index contributed by atoms with van der Waals surface area (Å²) in [7, 11) is 0. The average Bonchev–Trinajstić information content (AvgIpc) is 3.73. The van der Waals surface area contributed by atoms with Gasteiger partial charge in [-0.2, -0.15) is 0 Å². The van der Waals surface area contributed by atoms with Gasteiger partial charge in [0.1, 0.15) is 0 Å². The predicted molar refractivity (Wildman–Crippen MR) is 189 cm³/mol. The standard InChI is InChI=1S/C42H27N3/c1-3-13-28(14-4-1)43-37-20-10-7-17-31(37)34-24-23-30(25-40(34)43)45-39-22-12-9-19-33(39)36-26-35-32-18-8-11-21-38(32)44(41(35)27-42(36)45)29-15-5-2-6-16-29/h1-27H. The van der Waals surface area contributed by atoms with Gasteiger partial charge in [0.15, 0.2) is 0 Å². The third-order valence-corrected chi connectivity index (χ3v) is 9.41. The minimum Gasteiger partial charge on any atom is -0.309 e. The molecular weight excluding hydrogens is 546 g/mol. The van der Waals surface area contributed by atoms with Crippen LogP contribution in [0.3, 0.4) is 0 Å². The molecule has 0 bridgehead atoms. The van der Waals surface area contributed by atoms with Crippen LogP contribution >= 0.6 is 0 Å². The van der Waals surface area contributed by atoms with Gasteiger partial charge in [-0.25, -0.2) is 0 Å². The van der Waals surface area contributed by atoms with Gasteiger partial charge < -0.3 is 13.7 Å². The first-order valence-corrected chi connectivity index (χ1v) is 15.5. The molecule has 3 nitrogen and oxygen atoms in total. The van der Waals surface area contributed by atoms with Gasteiger partial charge in [-0.1, -0.05) is 97.1 Å². The van der Waals surface area contributed by atoms with Crippen molar-refractivity contribution in [2.45, 2.75) is 0 Å². The maximum Gasteiger partial charge on any atom is 0.0562 e. The van der Waals surface area contributed by atoms with Crippen LogP contribution in [0.25, 0.3) is 82.5 Å². The van der Waals surface area contributed by atoms with E-state index in [0.717, 1.165) is 11.4 Å². The summed E-state index contributed by atoms with van der Waals surface area (Å²) in [4.78, 5) is 0. The van der Waals surface area contributed by atoms with Crippen LogP contribution in [0.1, 0.15) is 0 Å². The first-order chi connectivity index (χ1) is 22.3. The molecule has 0 aliphatic heterocycles. The number of benzene rings is 7. The molecule has 0 saturated carbocycles. The van der Waals surface area contributed by atoms with Crippen LogP contribution in [0.2, 0.25) is 0 Å². The van der Waals surface area contributed by atoms with Crippen molar-refractivity contribution >= 4 is 65.4 Å². The predicted octanol–water partition coefficient (Wildman–Crippen LogP) is 11.0. The molecule has 45 heavy (non-hydrogen) atoms. The summed E-state index contributed by atoms with van der Waals surface area (Å²) in [5, 5.41) is 7.57. The highest BCUT2D eigenvalue weighted by molar-refractivity contribution is 6.19. The van der Waals surface area contributed by atoms with E-state index in [0.29, 0.717) is 0 Å². The van der Waals surface area contributed by atoms with Crippen LogP contribution in [0.4, 0.5) is 0 Å². The fourth-order valence-corrected chi connectivity index (χ4v) is 7.52. The van der Waals surface area contributed by atoms with Gasteiger partial charge in [0.25, 0.3) is 0 Å². The Hall–Kier alpha value is -6.06. The lowest BCUT2D eigenvalue weighted by atomic mass is 10.1. The summed E-state index contributed by atoms with van der Waals surface area (Å²) in [6.45, 7) is 0. The molecule has 0 radical (unpaired) electrons. The molecule has 0 aliphatic carbocycles. The molecule has 0 saturated heterocycles. The molecule has 0 fully saturated rings. The molecule has 7 aromatic carbocycles. The van der Waals surface area contributed by atoms with Gasteiger partial charge in [0.2, 0.25) is 0 Å². The quantitative estimate of drug-likeness (QED) is 0.200. The second-order valence-corrected chi connectivity index (χ2v) is 11.8.